The van der Waals surface area contributed by atoms with E-state index in [1.165, 1.54) is 0 Å². The van der Waals surface area contributed by atoms with Crippen LogP contribution in [0.3, 0.4) is 0 Å². The standard InChI is InChI=1S/C14H20N2O3S/c17-14(10-12-6-8-15-9-7-12)16-20(18,19)11-13-4-2-1-3-5-13/h1-5,12,15H,6-11H2,(H,16,17). The third-order valence-corrected chi connectivity index (χ3v) is 4.65. The molecule has 1 heterocycles. The lowest BCUT2D eigenvalue weighted by Crippen LogP contribution is -2.35. The van der Waals surface area contributed by atoms with E-state index in [0.717, 1.165) is 25.9 Å². The van der Waals surface area contributed by atoms with Crippen LogP contribution in [0.5, 0.6) is 0 Å². The summed E-state index contributed by atoms with van der Waals surface area (Å²) >= 11 is 0. The fourth-order valence-electron chi connectivity index (χ4n) is 2.39. The third-order valence-electron chi connectivity index (χ3n) is 3.40. The molecule has 2 N–H and O–H groups in total. The molecule has 0 radical (unpaired) electrons. The lowest BCUT2D eigenvalue weighted by atomic mass is 9.94. The number of nitrogens with one attached hydrogen (secondary N) is 2. The van der Waals surface area contributed by atoms with Crippen LogP contribution in [0.25, 0.3) is 0 Å². The average molecular weight is 296 g/mol. The van der Waals surface area contributed by atoms with E-state index >= 15 is 0 Å². The van der Waals surface area contributed by atoms with Gasteiger partial charge in [-0.3, -0.25) is 9.52 Å². The summed E-state index contributed by atoms with van der Waals surface area (Å²) in [4.78, 5) is 11.8. The monoisotopic (exact) mass is 296 g/mol. The number of carbonyl (C=O) groups is 1. The molecular weight excluding hydrogens is 276 g/mol. The molecule has 20 heavy (non-hydrogen) atoms. The Morgan fingerprint density at radius 2 is 1.85 bits per heavy atom. The predicted octanol–water partition coefficient (Wildman–Crippen LogP) is 1.02. The fraction of sp³-hybridized carbons (Fsp3) is 0.500. The Kier molecular flexibility index (Phi) is 5.14. The van der Waals surface area contributed by atoms with E-state index in [1.807, 2.05) is 6.07 Å². The van der Waals surface area contributed by atoms with Gasteiger partial charge in [-0.1, -0.05) is 30.3 Å². The Balaban J connectivity index is 1.86. The van der Waals surface area contributed by atoms with E-state index in [0.29, 0.717) is 5.56 Å². The smallest absolute Gasteiger partial charge is 0.239 e. The highest BCUT2D eigenvalue weighted by Crippen LogP contribution is 2.16. The zero-order valence-corrected chi connectivity index (χ0v) is 12.2. The molecule has 0 aliphatic carbocycles. The Morgan fingerprint density at radius 1 is 1.20 bits per heavy atom. The van der Waals surface area contributed by atoms with E-state index in [1.54, 1.807) is 24.3 Å². The highest BCUT2D eigenvalue weighted by atomic mass is 32.2. The van der Waals surface area contributed by atoms with Crippen LogP contribution < -0.4 is 10.0 Å². The second-order valence-corrected chi connectivity index (χ2v) is 6.89. The van der Waals surface area contributed by atoms with Gasteiger partial charge in [-0.05, 0) is 37.4 Å². The molecule has 0 saturated carbocycles. The summed E-state index contributed by atoms with van der Waals surface area (Å²) in [5.41, 5.74) is 0.676. The normalized spacial score (nSPS) is 16.8. The Morgan fingerprint density at radius 3 is 2.50 bits per heavy atom. The Hall–Kier alpha value is -1.40. The van der Waals surface area contributed by atoms with Gasteiger partial charge in [-0.15, -0.1) is 0 Å². The molecule has 1 aromatic rings. The number of carbonyl (C=O) groups excluding carboxylic acids is 1. The van der Waals surface area contributed by atoms with E-state index < -0.39 is 15.9 Å². The highest BCUT2D eigenvalue weighted by Gasteiger charge is 2.20. The van der Waals surface area contributed by atoms with E-state index in [9.17, 15) is 13.2 Å². The van der Waals surface area contributed by atoms with E-state index in [-0.39, 0.29) is 18.1 Å². The van der Waals surface area contributed by atoms with E-state index in [2.05, 4.69) is 10.0 Å². The summed E-state index contributed by atoms with van der Waals surface area (Å²) in [6, 6.07) is 8.85. The van der Waals surface area contributed by atoms with Crippen LogP contribution >= 0.6 is 0 Å². The van der Waals surface area contributed by atoms with Gasteiger partial charge in [0.15, 0.2) is 0 Å². The van der Waals surface area contributed by atoms with Gasteiger partial charge in [0.1, 0.15) is 0 Å². The van der Waals surface area contributed by atoms with Gasteiger partial charge in [0.05, 0.1) is 5.75 Å². The molecule has 1 fully saturated rings. The number of amides is 1. The van der Waals surface area contributed by atoms with Gasteiger partial charge in [-0.2, -0.15) is 0 Å². The number of rotatable bonds is 5. The first-order valence-electron chi connectivity index (χ1n) is 6.83. The summed E-state index contributed by atoms with van der Waals surface area (Å²) in [6.45, 7) is 1.80. The number of hydrogen-bond acceptors (Lipinski definition) is 4. The van der Waals surface area contributed by atoms with Crippen molar-refractivity contribution in [1.82, 2.24) is 10.0 Å². The molecule has 1 amide bonds. The lowest BCUT2D eigenvalue weighted by Gasteiger charge is -2.21. The van der Waals surface area contributed by atoms with Crippen molar-refractivity contribution < 1.29 is 13.2 Å². The summed E-state index contributed by atoms with van der Waals surface area (Å²) in [5, 5.41) is 3.22. The molecule has 1 aromatic carbocycles. The van der Waals surface area contributed by atoms with Crippen LogP contribution in [0, 0.1) is 5.92 Å². The van der Waals surface area contributed by atoms with Crippen LogP contribution in [0.2, 0.25) is 0 Å². The molecule has 1 saturated heterocycles. The van der Waals surface area contributed by atoms with Crippen LogP contribution in [-0.4, -0.2) is 27.4 Å². The van der Waals surface area contributed by atoms with Crippen molar-refractivity contribution in [2.24, 2.45) is 5.92 Å². The van der Waals surface area contributed by atoms with Crippen LogP contribution in [0.15, 0.2) is 30.3 Å². The van der Waals surface area contributed by atoms with Crippen molar-refractivity contribution in [3.05, 3.63) is 35.9 Å². The molecule has 110 valence electrons. The largest absolute Gasteiger partial charge is 0.317 e. The second kappa shape index (κ2) is 6.85. The van der Waals surface area contributed by atoms with Gasteiger partial charge in [0, 0.05) is 6.42 Å². The molecule has 2 rings (SSSR count). The quantitative estimate of drug-likeness (QED) is 0.851. The molecular formula is C14H20N2O3S. The topological polar surface area (TPSA) is 75.3 Å². The lowest BCUT2D eigenvalue weighted by molar-refractivity contribution is -0.120. The van der Waals surface area contributed by atoms with Crippen LogP contribution in [0.1, 0.15) is 24.8 Å². The van der Waals surface area contributed by atoms with Crippen molar-refractivity contribution >= 4 is 15.9 Å². The minimum atomic E-state index is -3.60. The number of piperidine rings is 1. The number of sulfonamides is 1. The first-order chi connectivity index (χ1) is 9.55. The molecule has 6 heteroatoms. The zero-order valence-electron chi connectivity index (χ0n) is 11.3. The van der Waals surface area contributed by atoms with Gasteiger partial charge < -0.3 is 5.32 Å². The predicted molar refractivity (Wildman–Crippen MR) is 77.4 cm³/mol. The molecule has 0 spiro atoms. The molecule has 1 aliphatic rings. The first kappa shape index (κ1) is 15.0. The summed E-state index contributed by atoms with van der Waals surface area (Å²) in [5.74, 6) is -0.276. The van der Waals surface area contributed by atoms with Gasteiger partial charge in [-0.25, -0.2) is 8.42 Å². The fourth-order valence-corrected chi connectivity index (χ4v) is 3.53. The Labute approximate surface area is 119 Å². The summed E-state index contributed by atoms with van der Waals surface area (Å²) in [7, 11) is -3.60. The average Bonchev–Trinajstić information content (AvgIpc) is 2.39. The Bertz CT molecular complexity index is 537. The van der Waals surface area contributed by atoms with Crippen molar-refractivity contribution in [2.75, 3.05) is 13.1 Å². The van der Waals surface area contributed by atoms with Crippen molar-refractivity contribution in [3.8, 4) is 0 Å². The maximum Gasteiger partial charge on any atom is 0.239 e. The van der Waals surface area contributed by atoms with Gasteiger partial charge >= 0.3 is 0 Å². The van der Waals surface area contributed by atoms with Crippen LogP contribution in [-0.2, 0) is 20.6 Å². The second-order valence-electron chi connectivity index (χ2n) is 5.17. The number of hydrogen-bond donors (Lipinski definition) is 2. The summed E-state index contributed by atoms with van der Waals surface area (Å²) in [6.07, 6.45) is 2.13. The van der Waals surface area contributed by atoms with Crippen molar-refractivity contribution in [3.63, 3.8) is 0 Å². The molecule has 0 bridgehead atoms. The minimum Gasteiger partial charge on any atom is -0.317 e. The van der Waals surface area contributed by atoms with Crippen molar-refractivity contribution in [2.45, 2.75) is 25.0 Å². The van der Waals surface area contributed by atoms with Crippen LogP contribution in [0.4, 0.5) is 0 Å². The SMILES string of the molecule is O=C(CC1CCNCC1)NS(=O)(=O)Cc1ccccc1. The molecule has 0 aromatic heterocycles. The third kappa shape index (κ3) is 4.94. The highest BCUT2D eigenvalue weighted by molar-refractivity contribution is 7.89. The van der Waals surface area contributed by atoms with E-state index in [4.69, 9.17) is 0 Å². The van der Waals surface area contributed by atoms with Gasteiger partial charge in [0.25, 0.3) is 0 Å². The van der Waals surface area contributed by atoms with Crippen molar-refractivity contribution in [1.29, 1.82) is 0 Å². The molecule has 1 aliphatic heterocycles. The summed E-state index contributed by atoms with van der Waals surface area (Å²) < 4.78 is 26.0. The maximum absolute atomic E-state index is 11.9. The first-order valence-corrected chi connectivity index (χ1v) is 8.48. The maximum atomic E-state index is 11.9. The molecule has 5 nitrogen and oxygen atoms in total. The molecule has 0 unspecified atom stereocenters. The zero-order chi connectivity index (χ0) is 14.4. The van der Waals surface area contributed by atoms with Gasteiger partial charge in [0.2, 0.25) is 15.9 Å². The molecule has 0 atom stereocenters. The minimum absolute atomic E-state index is 0.161. The number of benzene rings is 1.